The number of rotatable bonds is 0. The Labute approximate surface area is 63.1 Å². The van der Waals surface area contributed by atoms with Crippen LogP contribution in [0.5, 0.6) is 0 Å². The van der Waals surface area contributed by atoms with E-state index in [1.54, 1.807) is 0 Å². The van der Waals surface area contributed by atoms with Gasteiger partial charge in [0.15, 0.2) is 0 Å². The van der Waals surface area contributed by atoms with Gasteiger partial charge >= 0.3 is 0 Å². The van der Waals surface area contributed by atoms with Crippen molar-refractivity contribution in [2.24, 2.45) is 5.92 Å². The van der Waals surface area contributed by atoms with Gasteiger partial charge in [-0.2, -0.15) is 0 Å². The van der Waals surface area contributed by atoms with Crippen molar-refractivity contribution in [2.45, 2.75) is 18.2 Å². The molecular weight excluding hydrogens is 182 g/mol. The van der Waals surface area contributed by atoms with Gasteiger partial charge in [0, 0.05) is 6.54 Å². The summed E-state index contributed by atoms with van der Waals surface area (Å²) >= 11 is 3.31. The number of hydrogen-bond donors (Lipinski definition) is 1. The summed E-state index contributed by atoms with van der Waals surface area (Å²) in [5, 5.41) is 2.78. The van der Waals surface area contributed by atoms with Crippen LogP contribution < -0.4 is 5.32 Å². The second kappa shape index (κ2) is 2.69. The normalized spacial score (nSPS) is 36.0. The third-order valence-corrected chi connectivity index (χ3v) is 2.97. The first kappa shape index (κ1) is 7.06. The molecule has 2 atom stereocenters. The molecule has 1 amide bonds. The van der Waals surface area contributed by atoms with Crippen LogP contribution in [0.15, 0.2) is 0 Å². The monoisotopic (exact) mass is 191 g/mol. The van der Waals surface area contributed by atoms with Gasteiger partial charge in [0.05, 0.1) is 4.83 Å². The zero-order valence-electron chi connectivity index (χ0n) is 5.36. The second-order valence-electron chi connectivity index (χ2n) is 2.46. The minimum absolute atomic E-state index is 0.0336. The minimum atomic E-state index is 0.0336. The molecule has 1 aliphatic heterocycles. The highest BCUT2D eigenvalue weighted by molar-refractivity contribution is 9.10. The molecule has 0 aliphatic carbocycles. The van der Waals surface area contributed by atoms with Crippen LogP contribution in [0.25, 0.3) is 0 Å². The van der Waals surface area contributed by atoms with Crippen LogP contribution in [0.2, 0.25) is 0 Å². The van der Waals surface area contributed by atoms with Crippen LogP contribution in [0.3, 0.4) is 0 Å². The fourth-order valence-electron chi connectivity index (χ4n) is 0.925. The van der Waals surface area contributed by atoms with Gasteiger partial charge in [-0.25, -0.2) is 0 Å². The molecule has 0 radical (unpaired) electrons. The molecule has 9 heavy (non-hydrogen) atoms. The molecule has 1 rings (SSSR count). The quantitative estimate of drug-likeness (QED) is 0.567. The molecule has 0 spiro atoms. The Balaban J connectivity index is 2.51. The molecule has 0 aromatic carbocycles. The van der Waals surface area contributed by atoms with Crippen molar-refractivity contribution in [3.63, 3.8) is 0 Å². The van der Waals surface area contributed by atoms with Crippen molar-refractivity contribution in [1.29, 1.82) is 0 Å². The van der Waals surface area contributed by atoms with Crippen LogP contribution in [-0.4, -0.2) is 17.3 Å². The van der Waals surface area contributed by atoms with E-state index in [2.05, 4.69) is 28.2 Å². The predicted molar refractivity (Wildman–Crippen MR) is 39.5 cm³/mol. The van der Waals surface area contributed by atoms with E-state index >= 15 is 0 Å². The summed E-state index contributed by atoms with van der Waals surface area (Å²) in [6.07, 6.45) is 1.08. The van der Waals surface area contributed by atoms with Gasteiger partial charge < -0.3 is 5.32 Å². The van der Waals surface area contributed by atoms with E-state index in [0.717, 1.165) is 13.0 Å². The van der Waals surface area contributed by atoms with Crippen molar-refractivity contribution >= 4 is 21.8 Å². The second-order valence-corrected chi connectivity index (χ2v) is 3.45. The van der Waals surface area contributed by atoms with Crippen LogP contribution in [0.4, 0.5) is 0 Å². The van der Waals surface area contributed by atoms with Gasteiger partial charge in [-0.05, 0) is 12.3 Å². The molecule has 0 bridgehead atoms. The van der Waals surface area contributed by atoms with E-state index in [9.17, 15) is 4.79 Å². The van der Waals surface area contributed by atoms with Crippen LogP contribution in [0.1, 0.15) is 13.3 Å². The topological polar surface area (TPSA) is 29.1 Å². The van der Waals surface area contributed by atoms with Crippen LogP contribution in [-0.2, 0) is 4.79 Å². The van der Waals surface area contributed by atoms with Crippen LogP contribution >= 0.6 is 15.9 Å². The summed E-state index contributed by atoms with van der Waals surface area (Å²) in [5.41, 5.74) is 0. The summed E-state index contributed by atoms with van der Waals surface area (Å²) in [4.78, 5) is 10.9. The molecule has 1 heterocycles. The Hall–Kier alpha value is -0.0500. The van der Waals surface area contributed by atoms with Crippen molar-refractivity contribution in [1.82, 2.24) is 5.32 Å². The number of piperidine rings is 1. The van der Waals surface area contributed by atoms with E-state index in [4.69, 9.17) is 0 Å². The molecule has 1 aliphatic rings. The van der Waals surface area contributed by atoms with Crippen molar-refractivity contribution in [2.75, 3.05) is 6.54 Å². The van der Waals surface area contributed by atoms with E-state index in [0.29, 0.717) is 5.92 Å². The van der Waals surface area contributed by atoms with Crippen LogP contribution in [0, 0.1) is 5.92 Å². The Morgan fingerprint density at radius 1 is 1.78 bits per heavy atom. The SMILES string of the molecule is C[C@@H]1CCNC(=O)[C@@H]1Br. The zero-order chi connectivity index (χ0) is 6.85. The first-order valence-electron chi connectivity index (χ1n) is 3.13. The number of nitrogens with one attached hydrogen (secondary N) is 1. The van der Waals surface area contributed by atoms with Gasteiger partial charge in [0.2, 0.25) is 5.91 Å². The molecule has 52 valence electrons. The number of amides is 1. The lowest BCUT2D eigenvalue weighted by Crippen LogP contribution is -2.41. The lowest BCUT2D eigenvalue weighted by atomic mass is 10.0. The summed E-state index contributed by atoms with van der Waals surface area (Å²) in [6.45, 7) is 2.92. The molecule has 1 N–H and O–H groups in total. The fraction of sp³-hybridized carbons (Fsp3) is 0.833. The number of hydrogen-bond acceptors (Lipinski definition) is 1. The number of carbonyl (C=O) groups is 1. The van der Waals surface area contributed by atoms with Gasteiger partial charge in [0.25, 0.3) is 0 Å². The lowest BCUT2D eigenvalue weighted by molar-refractivity contribution is -0.122. The highest BCUT2D eigenvalue weighted by Gasteiger charge is 2.25. The van der Waals surface area contributed by atoms with Crippen molar-refractivity contribution in [3.8, 4) is 0 Å². The summed E-state index contributed by atoms with van der Waals surface area (Å²) in [7, 11) is 0. The maximum atomic E-state index is 10.8. The van der Waals surface area contributed by atoms with E-state index in [1.807, 2.05) is 0 Å². The van der Waals surface area contributed by atoms with E-state index < -0.39 is 0 Å². The maximum absolute atomic E-state index is 10.8. The highest BCUT2D eigenvalue weighted by atomic mass is 79.9. The van der Waals surface area contributed by atoms with Gasteiger partial charge in [0.1, 0.15) is 0 Å². The zero-order valence-corrected chi connectivity index (χ0v) is 6.94. The molecule has 3 heteroatoms. The summed E-state index contributed by atoms with van der Waals surface area (Å²) < 4.78 is 0. The standard InChI is InChI=1S/C6H10BrNO/c1-4-2-3-8-6(9)5(4)7/h4-5H,2-3H2,1H3,(H,8,9)/t4-,5-/m1/s1. The molecule has 0 saturated carbocycles. The average Bonchev–Trinajstić information content (AvgIpc) is 1.83. The number of carbonyl (C=O) groups excluding carboxylic acids is 1. The Kier molecular flexibility index (Phi) is 2.11. The number of alkyl halides is 1. The van der Waals surface area contributed by atoms with Gasteiger partial charge in [-0.3, -0.25) is 4.79 Å². The molecule has 1 saturated heterocycles. The molecule has 0 aromatic rings. The van der Waals surface area contributed by atoms with E-state index in [-0.39, 0.29) is 10.7 Å². The fourth-order valence-corrected chi connectivity index (χ4v) is 1.35. The maximum Gasteiger partial charge on any atom is 0.234 e. The Bertz CT molecular complexity index is 126. The van der Waals surface area contributed by atoms with E-state index in [1.165, 1.54) is 0 Å². The number of halogens is 1. The molecule has 2 nitrogen and oxygen atoms in total. The van der Waals surface area contributed by atoms with Crippen molar-refractivity contribution < 1.29 is 4.79 Å². The Morgan fingerprint density at radius 2 is 2.44 bits per heavy atom. The van der Waals surface area contributed by atoms with Crippen molar-refractivity contribution in [3.05, 3.63) is 0 Å². The molecular formula is C6H10BrNO. The predicted octanol–water partition coefficient (Wildman–Crippen LogP) is 0.906. The minimum Gasteiger partial charge on any atom is -0.355 e. The molecule has 1 fully saturated rings. The van der Waals surface area contributed by atoms with Gasteiger partial charge in [-0.15, -0.1) is 0 Å². The average molecular weight is 192 g/mol. The summed E-state index contributed by atoms with van der Waals surface area (Å²) in [6, 6.07) is 0. The summed E-state index contributed by atoms with van der Waals surface area (Å²) in [5.74, 6) is 0.618. The highest BCUT2D eigenvalue weighted by Crippen LogP contribution is 2.18. The Morgan fingerprint density at radius 3 is 2.89 bits per heavy atom. The first-order valence-corrected chi connectivity index (χ1v) is 4.05. The third kappa shape index (κ3) is 1.45. The third-order valence-electron chi connectivity index (χ3n) is 1.65. The van der Waals surface area contributed by atoms with Gasteiger partial charge in [-0.1, -0.05) is 22.9 Å². The smallest absolute Gasteiger partial charge is 0.234 e. The molecule has 0 unspecified atom stereocenters. The first-order chi connectivity index (χ1) is 4.22. The molecule has 0 aromatic heterocycles. The largest absolute Gasteiger partial charge is 0.355 e. The lowest BCUT2D eigenvalue weighted by Gasteiger charge is -2.23.